The molecule has 1 aromatic heterocycles. The summed E-state index contributed by atoms with van der Waals surface area (Å²) in [7, 11) is 0. The minimum atomic E-state index is -0.725. The van der Waals surface area contributed by atoms with Gasteiger partial charge in [0.05, 0.1) is 17.7 Å². The molecular weight excluding hydrogens is 330 g/mol. The van der Waals surface area contributed by atoms with E-state index < -0.39 is 23.6 Å². The zero-order valence-electron chi connectivity index (χ0n) is 13.2. The van der Waals surface area contributed by atoms with E-state index in [9.17, 15) is 18.4 Å². The van der Waals surface area contributed by atoms with E-state index in [0.717, 1.165) is 18.2 Å². The number of carbonyl (C=O) groups excluding carboxylic acids is 1. The fourth-order valence-corrected chi connectivity index (χ4v) is 2.65. The van der Waals surface area contributed by atoms with Gasteiger partial charge in [0.1, 0.15) is 17.2 Å². The van der Waals surface area contributed by atoms with Crippen molar-refractivity contribution in [2.24, 2.45) is 5.73 Å². The smallest absolute Gasteiger partial charge is 0.248 e. The second-order valence-electron chi connectivity index (χ2n) is 5.62. The molecule has 0 saturated heterocycles. The van der Waals surface area contributed by atoms with Crippen LogP contribution in [0.25, 0.3) is 11.0 Å². The lowest BCUT2D eigenvalue weighted by Crippen LogP contribution is -2.15. The van der Waals surface area contributed by atoms with Crippen LogP contribution >= 0.6 is 0 Å². The van der Waals surface area contributed by atoms with E-state index in [1.165, 1.54) is 24.5 Å². The lowest BCUT2D eigenvalue weighted by atomic mass is 10.0. The average Bonchev–Trinajstić information content (AvgIpc) is 2.53. The SMILES string of the molecule is CC(Nc1cc(F)cc(F)c1)c1cc(C(N)=O)cc2c(=O)ccoc12. The summed E-state index contributed by atoms with van der Waals surface area (Å²) >= 11 is 0. The van der Waals surface area contributed by atoms with Crippen LogP contribution in [0.2, 0.25) is 0 Å². The van der Waals surface area contributed by atoms with Crippen molar-refractivity contribution in [1.82, 2.24) is 0 Å². The Morgan fingerprint density at radius 3 is 2.48 bits per heavy atom. The van der Waals surface area contributed by atoms with Gasteiger partial charge in [-0.25, -0.2) is 8.78 Å². The Balaban J connectivity index is 2.11. The summed E-state index contributed by atoms with van der Waals surface area (Å²) in [5.74, 6) is -2.15. The fourth-order valence-electron chi connectivity index (χ4n) is 2.65. The van der Waals surface area contributed by atoms with Crippen LogP contribution in [-0.4, -0.2) is 5.91 Å². The molecule has 0 aliphatic heterocycles. The molecule has 3 aromatic rings. The number of nitrogens with two attached hydrogens (primary N) is 1. The molecule has 0 saturated carbocycles. The summed E-state index contributed by atoms with van der Waals surface area (Å²) in [6.07, 6.45) is 1.24. The van der Waals surface area contributed by atoms with Crippen LogP contribution in [0.15, 0.2) is 51.9 Å². The van der Waals surface area contributed by atoms with E-state index in [-0.39, 0.29) is 27.6 Å². The molecule has 0 bridgehead atoms. The third-order valence-electron chi connectivity index (χ3n) is 3.79. The summed E-state index contributed by atoms with van der Waals surface area (Å²) in [5.41, 5.74) is 6.09. The van der Waals surface area contributed by atoms with E-state index in [1.54, 1.807) is 6.92 Å². The van der Waals surface area contributed by atoms with E-state index in [2.05, 4.69) is 5.32 Å². The molecule has 1 amide bonds. The van der Waals surface area contributed by atoms with Gasteiger partial charge < -0.3 is 15.5 Å². The maximum atomic E-state index is 13.4. The minimum absolute atomic E-state index is 0.139. The Hall–Kier alpha value is -3.22. The lowest BCUT2D eigenvalue weighted by Gasteiger charge is -2.18. The van der Waals surface area contributed by atoms with Gasteiger partial charge in [0, 0.05) is 28.9 Å². The summed E-state index contributed by atoms with van der Waals surface area (Å²) in [6, 6.07) is 6.59. The molecule has 128 valence electrons. The summed E-state index contributed by atoms with van der Waals surface area (Å²) in [5, 5.41) is 3.13. The molecule has 1 atom stereocenters. The number of hydrogen-bond donors (Lipinski definition) is 2. The van der Waals surface area contributed by atoms with Gasteiger partial charge in [-0.2, -0.15) is 0 Å². The Bertz CT molecular complexity index is 1010. The third-order valence-corrected chi connectivity index (χ3v) is 3.79. The number of benzene rings is 2. The average molecular weight is 344 g/mol. The normalized spacial score (nSPS) is 12.1. The quantitative estimate of drug-likeness (QED) is 0.760. The first-order valence-corrected chi connectivity index (χ1v) is 7.43. The minimum Gasteiger partial charge on any atom is -0.464 e. The molecule has 0 aliphatic carbocycles. The monoisotopic (exact) mass is 344 g/mol. The molecule has 0 fully saturated rings. The number of fused-ring (bicyclic) bond motifs is 1. The molecule has 5 nitrogen and oxygen atoms in total. The van der Waals surface area contributed by atoms with Crippen LogP contribution in [-0.2, 0) is 0 Å². The summed E-state index contributed by atoms with van der Waals surface area (Å²) < 4.78 is 32.1. The van der Waals surface area contributed by atoms with Crippen molar-refractivity contribution in [2.75, 3.05) is 5.32 Å². The van der Waals surface area contributed by atoms with Crippen molar-refractivity contribution in [3.05, 3.63) is 75.6 Å². The second kappa shape index (κ2) is 6.35. The first-order valence-electron chi connectivity index (χ1n) is 7.43. The van der Waals surface area contributed by atoms with E-state index >= 15 is 0 Å². The van der Waals surface area contributed by atoms with E-state index in [1.807, 2.05) is 0 Å². The Morgan fingerprint density at radius 2 is 1.84 bits per heavy atom. The number of anilines is 1. The molecule has 2 aromatic carbocycles. The van der Waals surface area contributed by atoms with Gasteiger partial charge in [-0.3, -0.25) is 9.59 Å². The number of primary amides is 1. The maximum Gasteiger partial charge on any atom is 0.248 e. The summed E-state index contributed by atoms with van der Waals surface area (Å²) in [6.45, 7) is 1.70. The number of halogens is 2. The van der Waals surface area contributed by atoms with E-state index in [0.29, 0.717) is 5.56 Å². The molecule has 0 aliphatic rings. The van der Waals surface area contributed by atoms with Gasteiger partial charge in [-0.1, -0.05) is 0 Å². The van der Waals surface area contributed by atoms with Crippen LogP contribution < -0.4 is 16.5 Å². The van der Waals surface area contributed by atoms with Crippen LogP contribution in [0.3, 0.4) is 0 Å². The highest BCUT2D eigenvalue weighted by Gasteiger charge is 2.17. The molecule has 25 heavy (non-hydrogen) atoms. The van der Waals surface area contributed by atoms with Crippen LogP contribution in [0.4, 0.5) is 14.5 Å². The van der Waals surface area contributed by atoms with Gasteiger partial charge >= 0.3 is 0 Å². The van der Waals surface area contributed by atoms with Gasteiger partial charge in [0.25, 0.3) is 0 Å². The first kappa shape index (κ1) is 16.6. The molecule has 1 unspecified atom stereocenters. The predicted molar refractivity (Wildman–Crippen MR) is 89.4 cm³/mol. The van der Waals surface area contributed by atoms with Crippen molar-refractivity contribution in [3.63, 3.8) is 0 Å². The highest BCUT2D eigenvalue weighted by molar-refractivity contribution is 5.97. The van der Waals surface area contributed by atoms with Crippen LogP contribution in [0, 0.1) is 11.6 Å². The molecular formula is C18H14F2N2O3. The van der Waals surface area contributed by atoms with Crippen molar-refractivity contribution < 1.29 is 18.0 Å². The number of carbonyl (C=O) groups is 1. The number of hydrogen-bond acceptors (Lipinski definition) is 4. The molecule has 0 radical (unpaired) electrons. The van der Waals surface area contributed by atoms with Crippen LogP contribution in [0.1, 0.15) is 28.9 Å². The number of amides is 1. The second-order valence-corrected chi connectivity index (χ2v) is 5.62. The molecule has 0 spiro atoms. The fraction of sp³-hybridized carbons (Fsp3) is 0.111. The van der Waals surface area contributed by atoms with Gasteiger partial charge in [0.15, 0.2) is 5.43 Å². The first-order chi connectivity index (χ1) is 11.8. The Kier molecular flexibility index (Phi) is 4.22. The van der Waals surface area contributed by atoms with E-state index in [4.69, 9.17) is 10.2 Å². The zero-order valence-corrected chi connectivity index (χ0v) is 13.2. The van der Waals surface area contributed by atoms with Gasteiger partial charge in [-0.05, 0) is 31.2 Å². The van der Waals surface area contributed by atoms with Crippen molar-refractivity contribution in [2.45, 2.75) is 13.0 Å². The molecule has 3 N–H and O–H groups in total. The number of nitrogens with one attached hydrogen (secondary N) is 1. The molecule has 3 rings (SSSR count). The predicted octanol–water partition coefficient (Wildman–Crippen LogP) is 3.34. The van der Waals surface area contributed by atoms with Gasteiger partial charge in [-0.15, -0.1) is 0 Å². The highest BCUT2D eigenvalue weighted by Crippen LogP contribution is 2.27. The van der Waals surface area contributed by atoms with Crippen molar-refractivity contribution in [3.8, 4) is 0 Å². The molecule has 7 heteroatoms. The summed E-state index contributed by atoms with van der Waals surface area (Å²) in [4.78, 5) is 23.6. The third kappa shape index (κ3) is 3.35. The Labute approximate surface area is 141 Å². The lowest BCUT2D eigenvalue weighted by molar-refractivity contribution is 0.100. The van der Waals surface area contributed by atoms with Crippen molar-refractivity contribution >= 4 is 22.6 Å². The standard InChI is InChI=1S/C18H14F2N2O3/c1-9(22-13-7-11(19)6-12(20)8-13)14-4-10(18(21)24)5-15-16(23)2-3-25-17(14)15/h2-9,22H,1H3,(H2,21,24). The number of rotatable bonds is 4. The van der Waals surface area contributed by atoms with Crippen molar-refractivity contribution in [1.29, 1.82) is 0 Å². The zero-order chi connectivity index (χ0) is 18.1. The molecule has 1 heterocycles. The van der Waals surface area contributed by atoms with Crippen LogP contribution in [0.5, 0.6) is 0 Å². The topological polar surface area (TPSA) is 85.3 Å². The largest absolute Gasteiger partial charge is 0.464 e. The highest BCUT2D eigenvalue weighted by atomic mass is 19.1. The van der Waals surface area contributed by atoms with Gasteiger partial charge in [0.2, 0.25) is 5.91 Å². The Morgan fingerprint density at radius 1 is 1.16 bits per heavy atom. The maximum absolute atomic E-state index is 13.4.